The third kappa shape index (κ3) is 2.81. The predicted octanol–water partition coefficient (Wildman–Crippen LogP) is 4.96. The van der Waals surface area contributed by atoms with Crippen LogP contribution in [-0.2, 0) is 5.41 Å². The van der Waals surface area contributed by atoms with Gasteiger partial charge in [0.15, 0.2) is 4.77 Å². The molecule has 2 aromatic rings. The predicted molar refractivity (Wildman–Crippen MR) is 83.7 cm³/mol. The molecule has 2 nitrogen and oxygen atoms in total. The number of H-pyrrole nitrogens is 1. The summed E-state index contributed by atoms with van der Waals surface area (Å²) in [4.78, 5) is 3.14. The van der Waals surface area contributed by atoms with Gasteiger partial charge < -0.3 is 4.98 Å². The van der Waals surface area contributed by atoms with Gasteiger partial charge in [0.05, 0.1) is 0 Å². The first kappa shape index (κ1) is 14.1. The van der Waals surface area contributed by atoms with Crippen molar-refractivity contribution in [3.63, 3.8) is 0 Å². The van der Waals surface area contributed by atoms with Crippen LogP contribution in [-0.4, -0.2) is 9.55 Å². The summed E-state index contributed by atoms with van der Waals surface area (Å²) in [5.74, 6) is 0.440. The Labute approximate surface area is 120 Å². The molecule has 0 saturated carbocycles. The van der Waals surface area contributed by atoms with Crippen LogP contribution < -0.4 is 0 Å². The van der Waals surface area contributed by atoms with Gasteiger partial charge in [0, 0.05) is 17.6 Å². The van der Waals surface area contributed by atoms with Gasteiger partial charge in [-0.05, 0) is 41.2 Å². The molecule has 1 N–H and O–H groups in total. The third-order valence-corrected chi connectivity index (χ3v) is 3.69. The molecule has 3 heteroatoms. The average Bonchev–Trinajstić information content (AvgIpc) is 2.70. The highest BCUT2D eigenvalue weighted by molar-refractivity contribution is 7.71. The van der Waals surface area contributed by atoms with Gasteiger partial charge in [0.1, 0.15) is 0 Å². The first-order valence-corrected chi connectivity index (χ1v) is 7.13. The molecule has 19 heavy (non-hydrogen) atoms. The van der Waals surface area contributed by atoms with E-state index in [1.165, 1.54) is 11.3 Å². The Morgan fingerprint density at radius 1 is 1.11 bits per heavy atom. The van der Waals surface area contributed by atoms with E-state index in [9.17, 15) is 0 Å². The minimum absolute atomic E-state index is 0.180. The van der Waals surface area contributed by atoms with Crippen LogP contribution in [0.25, 0.3) is 5.69 Å². The number of hydrogen-bond acceptors (Lipinski definition) is 1. The first-order chi connectivity index (χ1) is 8.80. The minimum atomic E-state index is 0.180. The molecular formula is C16H22N2S. The van der Waals surface area contributed by atoms with Crippen molar-refractivity contribution >= 4 is 12.2 Å². The number of rotatable bonds is 2. The Morgan fingerprint density at radius 2 is 1.68 bits per heavy atom. The normalized spacial score (nSPS) is 12.1. The standard InChI is InChI=1S/C16H22N2S/c1-11(2)14-10-17-15(19)18(14)13-8-6-12(7-9-13)16(3,4)5/h6-11H,1-5H3,(H,17,19). The molecule has 1 aromatic carbocycles. The molecule has 0 fully saturated rings. The molecular weight excluding hydrogens is 252 g/mol. The van der Waals surface area contributed by atoms with Gasteiger partial charge in [0.2, 0.25) is 0 Å². The van der Waals surface area contributed by atoms with Crippen LogP contribution in [0.4, 0.5) is 0 Å². The minimum Gasteiger partial charge on any atom is -0.337 e. The molecule has 1 heterocycles. The van der Waals surface area contributed by atoms with E-state index < -0.39 is 0 Å². The fraction of sp³-hybridized carbons (Fsp3) is 0.438. The Kier molecular flexibility index (Phi) is 3.68. The molecule has 1 aromatic heterocycles. The van der Waals surface area contributed by atoms with Crippen LogP contribution in [0, 0.1) is 4.77 Å². The molecule has 0 bridgehead atoms. The molecule has 0 amide bonds. The smallest absolute Gasteiger partial charge is 0.182 e. The van der Waals surface area contributed by atoms with Gasteiger partial charge in [-0.2, -0.15) is 0 Å². The molecule has 2 rings (SSSR count). The van der Waals surface area contributed by atoms with E-state index in [4.69, 9.17) is 12.2 Å². The molecule has 0 aliphatic rings. The fourth-order valence-corrected chi connectivity index (χ4v) is 2.45. The zero-order chi connectivity index (χ0) is 14.2. The van der Waals surface area contributed by atoms with E-state index in [2.05, 4.69) is 68.4 Å². The molecule has 0 aliphatic heterocycles. The lowest BCUT2D eigenvalue weighted by Gasteiger charge is -2.19. The summed E-state index contributed by atoms with van der Waals surface area (Å²) in [6.07, 6.45) is 2.00. The average molecular weight is 274 g/mol. The molecule has 0 saturated heterocycles. The van der Waals surface area contributed by atoms with Gasteiger partial charge in [0.25, 0.3) is 0 Å². The Hall–Kier alpha value is -1.35. The highest BCUT2D eigenvalue weighted by atomic mass is 32.1. The lowest BCUT2D eigenvalue weighted by atomic mass is 9.87. The van der Waals surface area contributed by atoms with Gasteiger partial charge in [-0.3, -0.25) is 4.57 Å². The summed E-state index contributed by atoms with van der Waals surface area (Å²) in [5, 5.41) is 0. The van der Waals surface area contributed by atoms with Crippen molar-refractivity contribution in [2.24, 2.45) is 0 Å². The van der Waals surface area contributed by atoms with Gasteiger partial charge in [-0.25, -0.2) is 0 Å². The lowest BCUT2D eigenvalue weighted by molar-refractivity contribution is 0.590. The summed E-state index contributed by atoms with van der Waals surface area (Å²) in [5.41, 5.74) is 3.86. The van der Waals surface area contributed by atoms with Crippen molar-refractivity contribution in [1.82, 2.24) is 9.55 Å². The van der Waals surface area contributed by atoms with Gasteiger partial charge in [-0.1, -0.05) is 46.8 Å². The van der Waals surface area contributed by atoms with Crippen LogP contribution >= 0.6 is 12.2 Å². The Morgan fingerprint density at radius 3 is 2.16 bits per heavy atom. The monoisotopic (exact) mass is 274 g/mol. The van der Waals surface area contributed by atoms with Crippen molar-refractivity contribution in [2.75, 3.05) is 0 Å². The quantitative estimate of drug-likeness (QED) is 0.768. The Balaban J connectivity index is 2.49. The molecule has 0 unspecified atom stereocenters. The number of nitrogens with zero attached hydrogens (tertiary/aromatic N) is 1. The fourth-order valence-electron chi connectivity index (χ4n) is 2.18. The molecule has 0 radical (unpaired) electrons. The molecule has 102 valence electrons. The summed E-state index contributed by atoms with van der Waals surface area (Å²) in [6, 6.07) is 8.68. The van der Waals surface area contributed by atoms with E-state index >= 15 is 0 Å². The molecule has 0 spiro atoms. The van der Waals surface area contributed by atoms with Gasteiger partial charge >= 0.3 is 0 Å². The zero-order valence-electron chi connectivity index (χ0n) is 12.3. The van der Waals surface area contributed by atoms with Crippen molar-refractivity contribution in [3.05, 3.63) is 46.5 Å². The maximum atomic E-state index is 5.39. The van der Waals surface area contributed by atoms with E-state index in [1.807, 2.05) is 6.20 Å². The summed E-state index contributed by atoms with van der Waals surface area (Å²) < 4.78 is 2.87. The van der Waals surface area contributed by atoms with Crippen LogP contribution in [0.1, 0.15) is 51.8 Å². The zero-order valence-corrected chi connectivity index (χ0v) is 13.1. The second-order valence-electron chi connectivity index (χ2n) is 6.31. The number of imidazole rings is 1. The van der Waals surface area contributed by atoms with Crippen molar-refractivity contribution in [3.8, 4) is 5.69 Å². The van der Waals surface area contributed by atoms with E-state index in [1.54, 1.807) is 0 Å². The van der Waals surface area contributed by atoms with Gasteiger partial charge in [-0.15, -0.1) is 0 Å². The van der Waals surface area contributed by atoms with Crippen LogP contribution in [0.5, 0.6) is 0 Å². The topological polar surface area (TPSA) is 20.7 Å². The largest absolute Gasteiger partial charge is 0.337 e. The maximum absolute atomic E-state index is 5.39. The van der Waals surface area contributed by atoms with Crippen LogP contribution in [0.3, 0.4) is 0 Å². The molecule has 0 aliphatic carbocycles. The van der Waals surface area contributed by atoms with Crippen molar-refractivity contribution < 1.29 is 0 Å². The highest BCUT2D eigenvalue weighted by Crippen LogP contribution is 2.25. The number of aromatic amines is 1. The van der Waals surface area contributed by atoms with Crippen LogP contribution in [0.2, 0.25) is 0 Å². The van der Waals surface area contributed by atoms with E-state index in [0.717, 1.165) is 10.5 Å². The lowest BCUT2D eigenvalue weighted by Crippen LogP contribution is -2.11. The SMILES string of the molecule is CC(C)c1c[nH]c(=S)n1-c1ccc(C(C)(C)C)cc1. The third-order valence-electron chi connectivity index (χ3n) is 3.39. The second-order valence-corrected chi connectivity index (χ2v) is 6.69. The summed E-state index contributed by atoms with van der Waals surface area (Å²) in [6.45, 7) is 11.0. The second kappa shape index (κ2) is 4.97. The molecule has 0 atom stereocenters. The summed E-state index contributed by atoms with van der Waals surface area (Å²) >= 11 is 5.39. The highest BCUT2D eigenvalue weighted by Gasteiger charge is 2.14. The van der Waals surface area contributed by atoms with Crippen molar-refractivity contribution in [2.45, 2.75) is 46.0 Å². The number of benzene rings is 1. The first-order valence-electron chi connectivity index (χ1n) is 6.72. The van der Waals surface area contributed by atoms with Crippen molar-refractivity contribution in [1.29, 1.82) is 0 Å². The Bertz CT molecular complexity index is 609. The number of nitrogens with one attached hydrogen (secondary N) is 1. The number of hydrogen-bond donors (Lipinski definition) is 1. The number of aromatic nitrogens is 2. The van der Waals surface area contributed by atoms with E-state index in [-0.39, 0.29) is 5.41 Å². The van der Waals surface area contributed by atoms with Crippen LogP contribution in [0.15, 0.2) is 30.5 Å². The maximum Gasteiger partial charge on any atom is 0.182 e. The summed E-state index contributed by atoms with van der Waals surface area (Å²) in [7, 11) is 0. The van der Waals surface area contributed by atoms with E-state index in [0.29, 0.717) is 5.92 Å².